The first-order valence-electron chi connectivity index (χ1n) is 8.59. The molecule has 1 aromatic carbocycles. The van der Waals surface area contributed by atoms with Crippen molar-refractivity contribution in [3.63, 3.8) is 0 Å². The van der Waals surface area contributed by atoms with Crippen molar-refractivity contribution in [1.29, 1.82) is 0 Å². The molecule has 0 saturated heterocycles. The monoisotopic (exact) mass is 289 g/mol. The van der Waals surface area contributed by atoms with Gasteiger partial charge in [-0.2, -0.15) is 0 Å². The van der Waals surface area contributed by atoms with Crippen LogP contribution in [0.2, 0.25) is 0 Å². The number of aryl methyl sites for hydroxylation is 1. The van der Waals surface area contributed by atoms with E-state index in [0.29, 0.717) is 17.6 Å². The molecule has 1 saturated carbocycles. The first-order chi connectivity index (χ1) is 10.2. The Morgan fingerprint density at radius 3 is 2.67 bits per heavy atom. The van der Waals surface area contributed by atoms with Gasteiger partial charge in [0.25, 0.3) is 0 Å². The summed E-state index contributed by atoms with van der Waals surface area (Å²) in [6, 6.07) is 11.3. The fourth-order valence-electron chi connectivity index (χ4n) is 3.33. The lowest BCUT2D eigenvalue weighted by Gasteiger charge is -2.54. The van der Waals surface area contributed by atoms with E-state index >= 15 is 0 Å². The summed E-state index contributed by atoms with van der Waals surface area (Å²) in [5, 5.41) is 3.68. The maximum absolute atomic E-state index is 6.18. The first-order valence-corrected chi connectivity index (χ1v) is 8.59. The molecule has 0 aliphatic heterocycles. The van der Waals surface area contributed by atoms with Gasteiger partial charge in [-0.05, 0) is 44.2 Å². The third-order valence-corrected chi connectivity index (χ3v) is 5.16. The summed E-state index contributed by atoms with van der Waals surface area (Å²) in [5.41, 5.74) is 1.73. The summed E-state index contributed by atoms with van der Waals surface area (Å²) in [4.78, 5) is 0. The molecule has 1 fully saturated rings. The highest BCUT2D eigenvalue weighted by Crippen LogP contribution is 2.45. The van der Waals surface area contributed by atoms with Crippen LogP contribution in [0.4, 0.5) is 0 Å². The molecular formula is C19H31NO. The maximum atomic E-state index is 6.18. The van der Waals surface area contributed by atoms with Crippen LogP contribution in [0.3, 0.4) is 0 Å². The van der Waals surface area contributed by atoms with Crippen molar-refractivity contribution in [2.75, 3.05) is 13.2 Å². The molecule has 3 unspecified atom stereocenters. The van der Waals surface area contributed by atoms with E-state index in [-0.39, 0.29) is 0 Å². The number of nitrogens with one attached hydrogen (secondary N) is 1. The van der Waals surface area contributed by atoms with Gasteiger partial charge in [-0.1, -0.05) is 51.1 Å². The minimum atomic E-state index is 0.321. The van der Waals surface area contributed by atoms with Crippen LogP contribution in [0.15, 0.2) is 30.3 Å². The fraction of sp³-hybridized carbons (Fsp3) is 0.684. The summed E-state index contributed by atoms with van der Waals surface area (Å²) in [7, 11) is 0. The Balaban J connectivity index is 1.69. The molecule has 2 nitrogen and oxygen atoms in total. The Morgan fingerprint density at radius 1 is 1.24 bits per heavy atom. The van der Waals surface area contributed by atoms with Gasteiger partial charge in [0.05, 0.1) is 6.10 Å². The van der Waals surface area contributed by atoms with E-state index < -0.39 is 0 Å². The molecule has 1 N–H and O–H groups in total. The smallest absolute Gasteiger partial charge is 0.0658 e. The van der Waals surface area contributed by atoms with Crippen LogP contribution in [0.5, 0.6) is 0 Å². The highest BCUT2D eigenvalue weighted by molar-refractivity contribution is 5.14. The van der Waals surface area contributed by atoms with Crippen molar-refractivity contribution < 1.29 is 4.74 Å². The van der Waals surface area contributed by atoms with Crippen molar-refractivity contribution in [2.45, 2.75) is 65.0 Å². The molecular weight excluding hydrogens is 258 g/mol. The van der Waals surface area contributed by atoms with Gasteiger partial charge in [-0.3, -0.25) is 0 Å². The molecule has 0 spiro atoms. The SMILES string of the molecule is CCCNC1CC(OCCCc2ccccc2)C1(C)CC. The van der Waals surface area contributed by atoms with Crippen LogP contribution in [0, 0.1) is 5.41 Å². The lowest BCUT2D eigenvalue weighted by molar-refractivity contribution is -0.129. The summed E-state index contributed by atoms with van der Waals surface area (Å²) in [5.74, 6) is 0. The zero-order valence-electron chi connectivity index (χ0n) is 13.9. The molecule has 1 aliphatic rings. The molecule has 2 rings (SSSR count). The second-order valence-electron chi connectivity index (χ2n) is 6.55. The van der Waals surface area contributed by atoms with Gasteiger partial charge in [0.15, 0.2) is 0 Å². The maximum Gasteiger partial charge on any atom is 0.0658 e. The van der Waals surface area contributed by atoms with Crippen LogP contribution >= 0.6 is 0 Å². The van der Waals surface area contributed by atoms with Gasteiger partial charge in [0.1, 0.15) is 0 Å². The predicted molar refractivity (Wildman–Crippen MR) is 89.6 cm³/mol. The standard InChI is InChI=1S/C19H31NO/c1-4-13-20-17-15-18(19(17,3)5-2)21-14-9-12-16-10-7-6-8-11-16/h6-8,10-11,17-18,20H,4-5,9,12-15H2,1-3H3. The molecule has 118 valence electrons. The van der Waals surface area contributed by atoms with Crippen LogP contribution < -0.4 is 5.32 Å². The Kier molecular flexibility index (Phi) is 6.25. The third kappa shape index (κ3) is 4.08. The lowest BCUT2D eigenvalue weighted by atomic mass is 9.61. The summed E-state index contributed by atoms with van der Waals surface area (Å²) < 4.78 is 6.18. The average molecular weight is 289 g/mol. The van der Waals surface area contributed by atoms with Crippen LogP contribution in [-0.4, -0.2) is 25.3 Å². The van der Waals surface area contributed by atoms with Crippen LogP contribution in [0.1, 0.15) is 52.0 Å². The van der Waals surface area contributed by atoms with E-state index in [4.69, 9.17) is 4.74 Å². The van der Waals surface area contributed by atoms with Crippen molar-refractivity contribution in [2.24, 2.45) is 5.41 Å². The largest absolute Gasteiger partial charge is 0.378 e. The number of ether oxygens (including phenoxy) is 1. The Bertz CT molecular complexity index is 405. The molecule has 0 heterocycles. The molecule has 1 aromatic rings. The van der Waals surface area contributed by atoms with Crippen molar-refractivity contribution in [3.8, 4) is 0 Å². The van der Waals surface area contributed by atoms with E-state index in [9.17, 15) is 0 Å². The summed E-state index contributed by atoms with van der Waals surface area (Å²) >= 11 is 0. The van der Waals surface area contributed by atoms with Gasteiger partial charge < -0.3 is 10.1 Å². The van der Waals surface area contributed by atoms with Gasteiger partial charge in [-0.15, -0.1) is 0 Å². The normalized spacial score (nSPS) is 28.3. The highest BCUT2D eigenvalue weighted by atomic mass is 16.5. The topological polar surface area (TPSA) is 21.3 Å². The van der Waals surface area contributed by atoms with Gasteiger partial charge in [0, 0.05) is 18.1 Å². The number of benzene rings is 1. The molecule has 0 aromatic heterocycles. The molecule has 0 radical (unpaired) electrons. The minimum Gasteiger partial charge on any atom is -0.378 e. The van der Waals surface area contributed by atoms with E-state index in [1.807, 2.05) is 0 Å². The van der Waals surface area contributed by atoms with E-state index in [1.165, 1.54) is 24.8 Å². The van der Waals surface area contributed by atoms with Crippen molar-refractivity contribution in [1.82, 2.24) is 5.32 Å². The fourth-order valence-corrected chi connectivity index (χ4v) is 3.33. The van der Waals surface area contributed by atoms with E-state index in [1.54, 1.807) is 0 Å². The minimum absolute atomic E-state index is 0.321. The zero-order valence-corrected chi connectivity index (χ0v) is 13.9. The van der Waals surface area contributed by atoms with Crippen molar-refractivity contribution in [3.05, 3.63) is 35.9 Å². The molecule has 3 atom stereocenters. The molecule has 0 amide bonds. The second kappa shape index (κ2) is 7.95. The lowest BCUT2D eigenvalue weighted by Crippen LogP contribution is -2.62. The average Bonchev–Trinajstić information content (AvgIpc) is 2.52. The number of hydrogen-bond donors (Lipinski definition) is 1. The molecule has 21 heavy (non-hydrogen) atoms. The molecule has 2 heteroatoms. The summed E-state index contributed by atoms with van der Waals surface area (Å²) in [6.45, 7) is 8.91. The molecule has 0 bridgehead atoms. The Morgan fingerprint density at radius 2 is 2.00 bits per heavy atom. The third-order valence-electron chi connectivity index (χ3n) is 5.16. The molecule has 1 aliphatic carbocycles. The van der Waals surface area contributed by atoms with Gasteiger partial charge in [-0.25, -0.2) is 0 Å². The predicted octanol–water partition coefficient (Wildman–Crippen LogP) is 4.19. The van der Waals surface area contributed by atoms with Gasteiger partial charge in [0.2, 0.25) is 0 Å². The number of hydrogen-bond acceptors (Lipinski definition) is 2. The van der Waals surface area contributed by atoms with Gasteiger partial charge >= 0.3 is 0 Å². The quantitative estimate of drug-likeness (QED) is 0.688. The number of rotatable bonds is 9. The summed E-state index contributed by atoms with van der Waals surface area (Å²) in [6.07, 6.45) is 6.25. The highest BCUT2D eigenvalue weighted by Gasteiger charge is 2.50. The second-order valence-corrected chi connectivity index (χ2v) is 6.55. The zero-order chi connectivity index (χ0) is 15.1. The first kappa shape index (κ1) is 16.5. The Hall–Kier alpha value is -0.860. The Labute approximate surface area is 130 Å². The van der Waals surface area contributed by atoms with E-state index in [2.05, 4.69) is 56.4 Å². The van der Waals surface area contributed by atoms with Crippen molar-refractivity contribution >= 4 is 0 Å². The van der Waals surface area contributed by atoms with Crippen LogP contribution in [0.25, 0.3) is 0 Å². The van der Waals surface area contributed by atoms with E-state index in [0.717, 1.165) is 26.0 Å². The van der Waals surface area contributed by atoms with Crippen LogP contribution in [-0.2, 0) is 11.2 Å².